The van der Waals surface area contributed by atoms with E-state index in [2.05, 4.69) is 20.5 Å². The zero-order chi connectivity index (χ0) is 16.5. The number of amides is 1. The van der Waals surface area contributed by atoms with Crippen LogP contribution in [-0.2, 0) is 9.53 Å². The highest BCUT2D eigenvalue weighted by Gasteiger charge is 2.31. The van der Waals surface area contributed by atoms with Gasteiger partial charge in [0.2, 0.25) is 0 Å². The van der Waals surface area contributed by atoms with Gasteiger partial charge >= 0.3 is 0 Å². The lowest BCUT2D eigenvalue weighted by Crippen LogP contribution is -2.27. The minimum absolute atomic E-state index is 0.0151. The van der Waals surface area contributed by atoms with Gasteiger partial charge in [0.1, 0.15) is 6.10 Å². The number of nitrogens with zero attached hydrogens (tertiary/aromatic N) is 2. The van der Waals surface area contributed by atoms with Crippen LogP contribution in [0.3, 0.4) is 0 Å². The smallest absolute Gasteiger partial charge is 0.253 e. The molecule has 1 aliphatic heterocycles. The lowest BCUT2D eigenvalue weighted by molar-refractivity contribution is -0.126. The van der Waals surface area contributed by atoms with E-state index in [1.165, 1.54) is 0 Å². The summed E-state index contributed by atoms with van der Waals surface area (Å²) < 4.78 is 5.93. The molecule has 3 heterocycles. The van der Waals surface area contributed by atoms with Gasteiger partial charge < -0.3 is 10.1 Å². The number of aryl methyl sites for hydroxylation is 1. The number of anilines is 1. The molecule has 4 rings (SSSR count). The van der Waals surface area contributed by atoms with E-state index in [0.717, 1.165) is 23.1 Å². The normalized spacial score (nSPS) is 20.4. The number of pyridine rings is 1. The Hall–Kier alpha value is -2.73. The number of rotatable bonds is 3. The molecule has 24 heavy (non-hydrogen) atoms. The minimum Gasteiger partial charge on any atom is -0.360 e. The van der Waals surface area contributed by atoms with Crippen LogP contribution in [0.5, 0.6) is 0 Å². The van der Waals surface area contributed by atoms with Crippen molar-refractivity contribution in [1.82, 2.24) is 15.2 Å². The Morgan fingerprint density at radius 1 is 1.29 bits per heavy atom. The molecule has 6 nitrogen and oxygen atoms in total. The average molecular weight is 322 g/mol. The summed E-state index contributed by atoms with van der Waals surface area (Å²) in [4.78, 5) is 16.7. The highest BCUT2D eigenvalue weighted by Crippen LogP contribution is 2.33. The average Bonchev–Trinajstić information content (AvgIpc) is 3.24. The summed E-state index contributed by atoms with van der Waals surface area (Å²) >= 11 is 0. The molecule has 2 N–H and O–H groups in total. The van der Waals surface area contributed by atoms with Crippen molar-refractivity contribution in [1.29, 1.82) is 0 Å². The number of aromatic amines is 1. The maximum Gasteiger partial charge on any atom is 0.253 e. The van der Waals surface area contributed by atoms with Gasteiger partial charge in [-0.25, -0.2) is 4.98 Å². The Labute approximate surface area is 139 Å². The van der Waals surface area contributed by atoms with E-state index in [4.69, 9.17) is 4.74 Å². The molecule has 0 bridgehead atoms. The van der Waals surface area contributed by atoms with Gasteiger partial charge in [0.15, 0.2) is 5.65 Å². The summed E-state index contributed by atoms with van der Waals surface area (Å²) in [5, 5.41) is 10.8. The van der Waals surface area contributed by atoms with Crippen LogP contribution in [0.1, 0.15) is 30.2 Å². The first-order valence-corrected chi connectivity index (χ1v) is 8.03. The Bertz CT molecular complexity index is 875. The minimum atomic E-state index is -0.434. The van der Waals surface area contributed by atoms with Gasteiger partial charge in [0.05, 0.1) is 18.0 Å². The standard InChI is InChI=1S/C18H18N4O2/c1-11-14-9-13(10-19-17(14)22-21-11)20-18(23)16-8-7-15(24-16)12-5-3-2-4-6-12/h2-6,9-10,15-16H,7-8H2,1H3,(H,20,23)(H,19,21,22)/t15-,16+/m0/s1. The molecular formula is C18H18N4O2. The summed E-state index contributed by atoms with van der Waals surface area (Å²) in [6, 6.07) is 11.9. The SMILES string of the molecule is Cc1[nH]nc2ncc(NC(=O)[C@H]3CC[C@@H](c4ccccc4)O3)cc12. The number of hydrogen-bond acceptors (Lipinski definition) is 4. The molecule has 1 amide bonds. The van der Waals surface area contributed by atoms with E-state index in [0.29, 0.717) is 17.8 Å². The Morgan fingerprint density at radius 2 is 2.12 bits per heavy atom. The van der Waals surface area contributed by atoms with E-state index in [9.17, 15) is 4.79 Å². The fraction of sp³-hybridized carbons (Fsp3) is 0.278. The van der Waals surface area contributed by atoms with Crippen molar-refractivity contribution in [3.8, 4) is 0 Å². The topological polar surface area (TPSA) is 79.9 Å². The molecule has 1 fully saturated rings. The number of aromatic nitrogens is 3. The van der Waals surface area contributed by atoms with Crippen LogP contribution in [0.25, 0.3) is 11.0 Å². The fourth-order valence-corrected chi connectivity index (χ4v) is 3.05. The van der Waals surface area contributed by atoms with Crippen LogP contribution < -0.4 is 5.32 Å². The third-order valence-corrected chi connectivity index (χ3v) is 4.35. The zero-order valence-corrected chi connectivity index (χ0v) is 13.3. The fourth-order valence-electron chi connectivity index (χ4n) is 3.05. The molecule has 2 atom stereocenters. The molecule has 6 heteroatoms. The largest absolute Gasteiger partial charge is 0.360 e. The van der Waals surface area contributed by atoms with Gasteiger partial charge in [-0.3, -0.25) is 9.89 Å². The number of nitrogens with one attached hydrogen (secondary N) is 2. The first-order chi connectivity index (χ1) is 11.7. The second-order valence-electron chi connectivity index (χ2n) is 6.03. The summed E-state index contributed by atoms with van der Waals surface area (Å²) in [7, 11) is 0. The summed E-state index contributed by atoms with van der Waals surface area (Å²) in [6.45, 7) is 1.92. The van der Waals surface area contributed by atoms with Crippen molar-refractivity contribution >= 4 is 22.6 Å². The van der Waals surface area contributed by atoms with Crippen LogP contribution in [-0.4, -0.2) is 27.2 Å². The zero-order valence-electron chi connectivity index (χ0n) is 13.3. The van der Waals surface area contributed by atoms with Crippen LogP contribution in [0, 0.1) is 6.92 Å². The molecule has 0 aliphatic carbocycles. The van der Waals surface area contributed by atoms with Crippen molar-refractivity contribution < 1.29 is 9.53 Å². The van der Waals surface area contributed by atoms with Gasteiger partial charge in [0, 0.05) is 11.1 Å². The lowest BCUT2D eigenvalue weighted by Gasteiger charge is -2.14. The van der Waals surface area contributed by atoms with Crippen molar-refractivity contribution in [2.75, 3.05) is 5.32 Å². The number of fused-ring (bicyclic) bond motifs is 1. The molecule has 1 saturated heterocycles. The van der Waals surface area contributed by atoms with Gasteiger partial charge in [-0.15, -0.1) is 0 Å². The van der Waals surface area contributed by atoms with Crippen molar-refractivity contribution in [2.24, 2.45) is 0 Å². The second kappa shape index (κ2) is 6.05. The quantitative estimate of drug-likeness (QED) is 0.776. The van der Waals surface area contributed by atoms with Crippen LogP contribution in [0.2, 0.25) is 0 Å². The summed E-state index contributed by atoms with van der Waals surface area (Å²) in [5.41, 5.74) is 3.34. The Kier molecular flexibility index (Phi) is 3.74. The molecular weight excluding hydrogens is 304 g/mol. The Balaban J connectivity index is 1.45. The number of carbonyl (C=O) groups excluding carboxylic acids is 1. The van der Waals surface area contributed by atoms with Crippen LogP contribution in [0.4, 0.5) is 5.69 Å². The molecule has 122 valence electrons. The maximum absolute atomic E-state index is 12.5. The predicted octanol–water partition coefficient (Wildman–Crippen LogP) is 3.13. The third kappa shape index (κ3) is 2.76. The van der Waals surface area contributed by atoms with Crippen molar-refractivity contribution in [2.45, 2.75) is 32.0 Å². The van der Waals surface area contributed by atoms with E-state index < -0.39 is 6.10 Å². The highest BCUT2D eigenvalue weighted by molar-refractivity contribution is 5.96. The van der Waals surface area contributed by atoms with Gasteiger partial charge in [-0.05, 0) is 31.4 Å². The van der Waals surface area contributed by atoms with Crippen LogP contribution >= 0.6 is 0 Å². The van der Waals surface area contributed by atoms with Gasteiger partial charge in [0.25, 0.3) is 5.91 Å². The van der Waals surface area contributed by atoms with Crippen molar-refractivity contribution in [3.05, 3.63) is 53.9 Å². The van der Waals surface area contributed by atoms with E-state index in [-0.39, 0.29) is 12.0 Å². The first kappa shape index (κ1) is 14.8. The molecule has 1 aliphatic rings. The monoisotopic (exact) mass is 322 g/mol. The van der Waals surface area contributed by atoms with E-state index in [1.54, 1.807) is 6.20 Å². The van der Waals surface area contributed by atoms with Gasteiger partial charge in [-0.2, -0.15) is 5.10 Å². The van der Waals surface area contributed by atoms with Crippen molar-refractivity contribution in [3.63, 3.8) is 0 Å². The van der Waals surface area contributed by atoms with Gasteiger partial charge in [-0.1, -0.05) is 30.3 Å². The predicted molar refractivity (Wildman–Crippen MR) is 90.5 cm³/mol. The maximum atomic E-state index is 12.5. The number of carbonyl (C=O) groups is 1. The van der Waals surface area contributed by atoms with Crippen LogP contribution in [0.15, 0.2) is 42.6 Å². The molecule has 0 unspecified atom stereocenters. The third-order valence-electron chi connectivity index (χ3n) is 4.35. The molecule has 3 aromatic rings. The molecule has 1 aromatic carbocycles. The number of H-pyrrole nitrogens is 1. The number of hydrogen-bond donors (Lipinski definition) is 2. The summed E-state index contributed by atoms with van der Waals surface area (Å²) in [6.07, 6.45) is 2.73. The second-order valence-corrected chi connectivity index (χ2v) is 6.03. The molecule has 0 radical (unpaired) electrons. The number of ether oxygens (including phenoxy) is 1. The highest BCUT2D eigenvalue weighted by atomic mass is 16.5. The molecule has 0 spiro atoms. The molecule has 0 saturated carbocycles. The Morgan fingerprint density at radius 3 is 2.96 bits per heavy atom. The lowest BCUT2D eigenvalue weighted by atomic mass is 10.1. The molecule has 2 aromatic heterocycles. The number of benzene rings is 1. The first-order valence-electron chi connectivity index (χ1n) is 8.03. The van der Waals surface area contributed by atoms with E-state index >= 15 is 0 Å². The summed E-state index contributed by atoms with van der Waals surface area (Å²) in [5.74, 6) is -0.129. The van der Waals surface area contributed by atoms with E-state index in [1.807, 2.05) is 43.3 Å².